The van der Waals surface area contributed by atoms with E-state index in [-0.39, 0.29) is 0 Å². The first-order valence-corrected chi connectivity index (χ1v) is 7.69. The van der Waals surface area contributed by atoms with E-state index in [1.807, 2.05) is 0 Å². The van der Waals surface area contributed by atoms with Crippen LogP contribution >= 0.6 is 11.3 Å². The Bertz CT molecular complexity index is 334. The van der Waals surface area contributed by atoms with Gasteiger partial charge in [-0.25, -0.2) is 0 Å². The SMILES string of the molecule is CC1CCC(C(=O)CCCc2cccs2)CC1. The summed E-state index contributed by atoms with van der Waals surface area (Å²) >= 11 is 1.80. The van der Waals surface area contributed by atoms with Crippen molar-refractivity contribution in [2.45, 2.75) is 51.9 Å². The Labute approximate surface area is 108 Å². The molecule has 0 bridgehead atoms. The number of carbonyl (C=O) groups excluding carboxylic acids is 1. The third kappa shape index (κ3) is 3.95. The summed E-state index contributed by atoms with van der Waals surface area (Å²) in [6.45, 7) is 2.30. The van der Waals surface area contributed by atoms with Gasteiger partial charge in [0.05, 0.1) is 0 Å². The van der Waals surface area contributed by atoms with Crippen molar-refractivity contribution in [1.82, 2.24) is 0 Å². The van der Waals surface area contributed by atoms with Gasteiger partial charge in [0.15, 0.2) is 0 Å². The normalized spacial score (nSPS) is 24.8. The molecular weight excluding hydrogens is 228 g/mol. The molecule has 94 valence electrons. The second-order valence-electron chi connectivity index (χ2n) is 5.36. The number of hydrogen-bond acceptors (Lipinski definition) is 2. The minimum atomic E-state index is 0.384. The summed E-state index contributed by atoms with van der Waals surface area (Å²) in [6.07, 6.45) is 7.68. The Morgan fingerprint density at radius 3 is 2.76 bits per heavy atom. The Balaban J connectivity index is 1.67. The van der Waals surface area contributed by atoms with Crippen molar-refractivity contribution in [1.29, 1.82) is 0 Å². The fourth-order valence-corrected chi connectivity index (χ4v) is 3.43. The average Bonchev–Trinajstić information content (AvgIpc) is 2.83. The highest BCUT2D eigenvalue weighted by Gasteiger charge is 2.23. The van der Waals surface area contributed by atoms with Gasteiger partial charge in [-0.05, 0) is 43.0 Å². The van der Waals surface area contributed by atoms with Crippen LogP contribution in [0.4, 0.5) is 0 Å². The first-order chi connectivity index (χ1) is 8.25. The monoisotopic (exact) mass is 250 g/mol. The fourth-order valence-electron chi connectivity index (χ4n) is 2.68. The molecule has 0 atom stereocenters. The molecule has 0 saturated heterocycles. The molecule has 17 heavy (non-hydrogen) atoms. The Hall–Kier alpha value is -0.630. The summed E-state index contributed by atoms with van der Waals surface area (Å²) in [5.41, 5.74) is 0. The van der Waals surface area contributed by atoms with Gasteiger partial charge in [0.1, 0.15) is 5.78 Å². The van der Waals surface area contributed by atoms with Crippen LogP contribution in [0.25, 0.3) is 0 Å². The number of aryl methyl sites for hydroxylation is 1. The summed E-state index contributed by atoms with van der Waals surface area (Å²) < 4.78 is 0. The van der Waals surface area contributed by atoms with Crippen molar-refractivity contribution in [3.63, 3.8) is 0 Å². The summed E-state index contributed by atoms with van der Waals surface area (Å²) in [5.74, 6) is 1.74. The van der Waals surface area contributed by atoms with Crippen LogP contribution in [0.3, 0.4) is 0 Å². The average molecular weight is 250 g/mol. The molecule has 0 amide bonds. The molecule has 0 spiro atoms. The van der Waals surface area contributed by atoms with E-state index in [2.05, 4.69) is 24.4 Å². The summed E-state index contributed by atoms with van der Waals surface area (Å²) in [5, 5.41) is 2.11. The molecule has 0 unspecified atom stereocenters. The maximum Gasteiger partial charge on any atom is 0.135 e. The van der Waals surface area contributed by atoms with Crippen LogP contribution in [0.2, 0.25) is 0 Å². The van der Waals surface area contributed by atoms with Crippen LogP contribution < -0.4 is 0 Å². The van der Waals surface area contributed by atoms with Crippen molar-refractivity contribution in [2.75, 3.05) is 0 Å². The lowest BCUT2D eigenvalue weighted by molar-refractivity contribution is -0.124. The molecule has 2 heteroatoms. The second-order valence-corrected chi connectivity index (χ2v) is 6.39. The molecule has 1 aliphatic carbocycles. The first-order valence-electron chi connectivity index (χ1n) is 6.81. The summed E-state index contributed by atoms with van der Waals surface area (Å²) in [7, 11) is 0. The van der Waals surface area contributed by atoms with Crippen LogP contribution in [0, 0.1) is 11.8 Å². The highest BCUT2D eigenvalue weighted by Crippen LogP contribution is 2.29. The molecule has 0 aromatic carbocycles. The van der Waals surface area contributed by atoms with E-state index in [9.17, 15) is 4.79 Å². The van der Waals surface area contributed by atoms with Gasteiger partial charge in [-0.3, -0.25) is 4.79 Å². The van der Waals surface area contributed by atoms with Gasteiger partial charge >= 0.3 is 0 Å². The maximum atomic E-state index is 12.0. The van der Waals surface area contributed by atoms with Crippen molar-refractivity contribution in [2.24, 2.45) is 11.8 Å². The van der Waals surface area contributed by atoms with Gasteiger partial charge in [-0.1, -0.05) is 25.8 Å². The molecule has 1 saturated carbocycles. The molecule has 1 aromatic rings. The number of hydrogen-bond donors (Lipinski definition) is 0. The molecule has 1 aliphatic rings. The number of ketones is 1. The van der Waals surface area contributed by atoms with E-state index in [0.29, 0.717) is 11.7 Å². The quantitative estimate of drug-likeness (QED) is 0.753. The van der Waals surface area contributed by atoms with Gasteiger partial charge < -0.3 is 0 Å². The molecule has 0 radical (unpaired) electrons. The topological polar surface area (TPSA) is 17.1 Å². The predicted molar refractivity (Wildman–Crippen MR) is 73.4 cm³/mol. The Morgan fingerprint density at radius 2 is 2.12 bits per heavy atom. The van der Waals surface area contributed by atoms with Crippen LogP contribution in [0.1, 0.15) is 50.3 Å². The van der Waals surface area contributed by atoms with E-state index in [4.69, 9.17) is 0 Å². The Kier molecular flexibility index (Phi) is 4.78. The lowest BCUT2D eigenvalue weighted by Crippen LogP contribution is -2.20. The predicted octanol–water partition coefficient (Wildman–Crippen LogP) is 4.47. The third-order valence-corrected chi connectivity index (χ3v) is 4.83. The van der Waals surface area contributed by atoms with Gasteiger partial charge in [0, 0.05) is 17.2 Å². The van der Waals surface area contributed by atoms with Crippen LogP contribution in [-0.4, -0.2) is 5.78 Å². The lowest BCUT2D eigenvalue weighted by Gasteiger charge is -2.24. The smallest absolute Gasteiger partial charge is 0.135 e. The van der Waals surface area contributed by atoms with Gasteiger partial charge in [0.25, 0.3) is 0 Å². The van der Waals surface area contributed by atoms with Gasteiger partial charge in [-0.15, -0.1) is 11.3 Å². The zero-order chi connectivity index (χ0) is 12.1. The third-order valence-electron chi connectivity index (χ3n) is 3.90. The summed E-state index contributed by atoms with van der Waals surface area (Å²) in [4.78, 5) is 13.4. The number of rotatable bonds is 5. The fraction of sp³-hybridized carbons (Fsp3) is 0.667. The van der Waals surface area contributed by atoms with E-state index < -0.39 is 0 Å². The van der Waals surface area contributed by atoms with Gasteiger partial charge in [-0.2, -0.15) is 0 Å². The molecule has 1 fully saturated rings. The van der Waals surface area contributed by atoms with Crippen LogP contribution in [0.5, 0.6) is 0 Å². The molecule has 0 aliphatic heterocycles. The molecule has 1 aromatic heterocycles. The van der Waals surface area contributed by atoms with Crippen LogP contribution in [-0.2, 0) is 11.2 Å². The van der Waals surface area contributed by atoms with Crippen molar-refractivity contribution in [3.05, 3.63) is 22.4 Å². The molecular formula is C15H22OS. The number of carbonyl (C=O) groups is 1. The van der Waals surface area contributed by atoms with Crippen LogP contribution in [0.15, 0.2) is 17.5 Å². The highest BCUT2D eigenvalue weighted by atomic mass is 32.1. The lowest BCUT2D eigenvalue weighted by atomic mass is 9.80. The minimum Gasteiger partial charge on any atom is -0.299 e. The first kappa shape index (κ1) is 12.8. The van der Waals surface area contributed by atoms with E-state index in [0.717, 1.165) is 38.0 Å². The highest BCUT2D eigenvalue weighted by molar-refractivity contribution is 7.09. The molecule has 1 heterocycles. The number of thiophene rings is 1. The van der Waals surface area contributed by atoms with Crippen molar-refractivity contribution in [3.8, 4) is 0 Å². The van der Waals surface area contributed by atoms with Gasteiger partial charge in [0.2, 0.25) is 0 Å². The molecule has 2 rings (SSSR count). The Morgan fingerprint density at radius 1 is 1.35 bits per heavy atom. The summed E-state index contributed by atoms with van der Waals surface area (Å²) in [6, 6.07) is 4.25. The number of Topliss-reactive ketones (excluding diaryl/α,β-unsaturated/α-hetero) is 1. The largest absolute Gasteiger partial charge is 0.299 e. The van der Waals surface area contributed by atoms with Crippen molar-refractivity contribution < 1.29 is 4.79 Å². The van der Waals surface area contributed by atoms with E-state index in [1.165, 1.54) is 17.7 Å². The maximum absolute atomic E-state index is 12.0. The zero-order valence-corrected chi connectivity index (χ0v) is 11.5. The van der Waals surface area contributed by atoms with E-state index in [1.54, 1.807) is 11.3 Å². The second kappa shape index (κ2) is 6.34. The standard InChI is InChI=1S/C15H22OS/c1-12-7-9-13(10-8-12)15(16)6-2-4-14-5-3-11-17-14/h3,5,11-13H,2,4,6-10H2,1H3. The molecule has 0 N–H and O–H groups in total. The minimum absolute atomic E-state index is 0.384. The van der Waals surface area contributed by atoms with Crippen molar-refractivity contribution >= 4 is 17.1 Å². The van der Waals surface area contributed by atoms with E-state index >= 15 is 0 Å². The molecule has 1 nitrogen and oxygen atoms in total. The zero-order valence-electron chi connectivity index (χ0n) is 10.7.